The Morgan fingerprint density at radius 3 is 2.64 bits per heavy atom. The van der Waals surface area contributed by atoms with Crippen LogP contribution in [0.5, 0.6) is 0 Å². The van der Waals surface area contributed by atoms with Crippen LogP contribution in [0.25, 0.3) is 0 Å². The molecule has 0 aromatic heterocycles. The largest absolute Gasteiger partial charge is 0.352 e. The van der Waals surface area contributed by atoms with Crippen molar-refractivity contribution in [2.75, 3.05) is 19.6 Å². The van der Waals surface area contributed by atoms with Gasteiger partial charge in [0.15, 0.2) is 0 Å². The lowest BCUT2D eigenvalue weighted by Crippen LogP contribution is -2.38. The Labute approximate surface area is 90.4 Å². The maximum absolute atomic E-state index is 11.4. The van der Waals surface area contributed by atoms with Gasteiger partial charge in [-0.15, -0.1) is 12.4 Å². The molecule has 1 aliphatic heterocycles. The summed E-state index contributed by atoms with van der Waals surface area (Å²) in [6.45, 7) is 4.43. The molecule has 4 N–H and O–H groups in total. The number of hydrogen-bond acceptors (Lipinski definition) is 3. The van der Waals surface area contributed by atoms with Gasteiger partial charge in [0.2, 0.25) is 5.91 Å². The van der Waals surface area contributed by atoms with Crippen LogP contribution in [0.15, 0.2) is 0 Å². The molecule has 1 heterocycles. The first-order valence-electron chi connectivity index (χ1n) is 4.95. The Kier molecular flexibility index (Phi) is 3.75. The van der Waals surface area contributed by atoms with Gasteiger partial charge in [-0.3, -0.25) is 4.79 Å². The van der Waals surface area contributed by atoms with Gasteiger partial charge in [0.1, 0.15) is 0 Å². The van der Waals surface area contributed by atoms with Crippen LogP contribution >= 0.6 is 12.4 Å². The van der Waals surface area contributed by atoms with Gasteiger partial charge in [-0.2, -0.15) is 0 Å². The molecule has 1 aliphatic carbocycles. The van der Waals surface area contributed by atoms with E-state index in [1.54, 1.807) is 0 Å². The molecule has 0 spiro atoms. The summed E-state index contributed by atoms with van der Waals surface area (Å²) in [6, 6.07) is 0.433. The molecule has 1 saturated heterocycles. The van der Waals surface area contributed by atoms with Crippen LogP contribution < -0.4 is 16.4 Å². The molecule has 5 heteroatoms. The summed E-state index contributed by atoms with van der Waals surface area (Å²) >= 11 is 0. The van der Waals surface area contributed by atoms with Crippen LogP contribution in [0.2, 0.25) is 0 Å². The Morgan fingerprint density at radius 1 is 1.57 bits per heavy atom. The van der Waals surface area contributed by atoms with Crippen LogP contribution in [-0.4, -0.2) is 31.6 Å². The Morgan fingerprint density at radius 2 is 2.14 bits per heavy atom. The number of fused-ring (bicyclic) bond motifs is 1. The maximum atomic E-state index is 11.4. The van der Waals surface area contributed by atoms with Gasteiger partial charge >= 0.3 is 0 Å². The minimum Gasteiger partial charge on any atom is -0.352 e. The van der Waals surface area contributed by atoms with E-state index in [4.69, 9.17) is 5.73 Å². The number of hydrogen-bond donors (Lipinski definition) is 3. The smallest absolute Gasteiger partial charge is 0.224 e. The first-order valence-corrected chi connectivity index (χ1v) is 4.95. The fraction of sp³-hybridized carbons (Fsp3) is 0.889. The third-order valence-electron chi connectivity index (χ3n) is 3.20. The third-order valence-corrected chi connectivity index (χ3v) is 3.20. The van der Waals surface area contributed by atoms with Gasteiger partial charge in [-0.05, 0) is 11.8 Å². The lowest BCUT2D eigenvalue weighted by molar-refractivity contribution is -0.124. The molecule has 0 radical (unpaired) electrons. The van der Waals surface area contributed by atoms with E-state index in [9.17, 15) is 4.79 Å². The summed E-state index contributed by atoms with van der Waals surface area (Å²) in [5, 5.41) is 6.34. The van der Waals surface area contributed by atoms with Gasteiger partial charge in [0.05, 0.1) is 0 Å². The highest BCUT2D eigenvalue weighted by atomic mass is 35.5. The zero-order valence-electron chi connectivity index (χ0n) is 8.32. The van der Waals surface area contributed by atoms with Crippen molar-refractivity contribution in [1.82, 2.24) is 10.6 Å². The lowest BCUT2D eigenvalue weighted by atomic mass is 10.1. The molecule has 0 bridgehead atoms. The number of piperidine rings is 1. The first-order chi connectivity index (χ1) is 6.24. The average molecular weight is 220 g/mol. The highest BCUT2D eigenvalue weighted by molar-refractivity contribution is 5.85. The standard InChI is InChI=1S/C9H17N3O.ClH/c1-5(2-10)9(13)12-8-6-3-11-4-7(6)8;/h5-8,11H,2-4,10H2,1H3,(H,12,13);1H. The SMILES string of the molecule is CC(CN)C(=O)NC1C2CNCC21.Cl. The molecule has 2 fully saturated rings. The molecular weight excluding hydrogens is 202 g/mol. The van der Waals surface area contributed by atoms with E-state index in [0.29, 0.717) is 24.4 Å². The Bertz CT molecular complexity index is 214. The molecule has 82 valence electrons. The predicted octanol–water partition coefficient (Wildman–Crippen LogP) is -0.663. The fourth-order valence-electron chi connectivity index (χ4n) is 2.05. The van der Waals surface area contributed by atoms with Crippen LogP contribution in [0.4, 0.5) is 0 Å². The molecule has 1 saturated carbocycles. The van der Waals surface area contributed by atoms with Crippen molar-refractivity contribution in [3.8, 4) is 0 Å². The number of carbonyl (C=O) groups is 1. The Balaban J connectivity index is 0.000000980. The second-order valence-electron chi connectivity index (χ2n) is 4.16. The van der Waals surface area contributed by atoms with E-state index >= 15 is 0 Å². The molecule has 0 aromatic carbocycles. The highest BCUT2D eigenvalue weighted by Gasteiger charge is 2.53. The van der Waals surface area contributed by atoms with Crippen LogP contribution in [0, 0.1) is 17.8 Å². The van der Waals surface area contributed by atoms with E-state index in [1.807, 2.05) is 6.92 Å². The molecule has 2 aliphatic rings. The number of nitrogens with two attached hydrogens (primary N) is 1. The molecule has 4 nitrogen and oxygen atoms in total. The van der Waals surface area contributed by atoms with E-state index in [-0.39, 0.29) is 24.2 Å². The highest BCUT2D eigenvalue weighted by Crippen LogP contribution is 2.41. The summed E-state index contributed by atoms with van der Waals surface area (Å²) in [4.78, 5) is 11.4. The molecule has 0 aromatic rings. The van der Waals surface area contributed by atoms with Crippen molar-refractivity contribution in [1.29, 1.82) is 0 Å². The van der Waals surface area contributed by atoms with Gasteiger partial charge in [0, 0.05) is 31.6 Å². The lowest BCUT2D eigenvalue weighted by Gasteiger charge is -2.11. The number of carbonyl (C=O) groups excluding carboxylic acids is 1. The molecule has 1 amide bonds. The predicted molar refractivity (Wildman–Crippen MR) is 57.2 cm³/mol. The molecule has 14 heavy (non-hydrogen) atoms. The fourth-order valence-corrected chi connectivity index (χ4v) is 2.05. The van der Waals surface area contributed by atoms with Crippen LogP contribution in [0.3, 0.4) is 0 Å². The summed E-state index contributed by atoms with van der Waals surface area (Å²) in [7, 11) is 0. The second kappa shape index (κ2) is 4.47. The summed E-state index contributed by atoms with van der Waals surface area (Å²) in [5.41, 5.74) is 5.41. The van der Waals surface area contributed by atoms with Crippen molar-refractivity contribution < 1.29 is 4.79 Å². The second-order valence-corrected chi connectivity index (χ2v) is 4.16. The van der Waals surface area contributed by atoms with E-state index in [0.717, 1.165) is 13.1 Å². The number of rotatable bonds is 3. The zero-order chi connectivity index (χ0) is 9.42. The monoisotopic (exact) mass is 219 g/mol. The third kappa shape index (κ3) is 2.02. The van der Waals surface area contributed by atoms with Gasteiger partial charge in [-0.25, -0.2) is 0 Å². The van der Waals surface area contributed by atoms with Crippen molar-refractivity contribution in [2.45, 2.75) is 13.0 Å². The molecule has 3 unspecified atom stereocenters. The normalized spacial score (nSPS) is 35.4. The molecule has 3 atom stereocenters. The first kappa shape index (κ1) is 11.8. The van der Waals surface area contributed by atoms with Gasteiger partial charge in [0.25, 0.3) is 0 Å². The molecule has 2 rings (SSSR count). The minimum absolute atomic E-state index is 0. The average Bonchev–Trinajstić information content (AvgIpc) is 2.63. The topological polar surface area (TPSA) is 67.2 Å². The van der Waals surface area contributed by atoms with Gasteiger partial charge in [-0.1, -0.05) is 6.92 Å². The number of amides is 1. The number of nitrogens with one attached hydrogen (secondary N) is 2. The van der Waals surface area contributed by atoms with Crippen molar-refractivity contribution in [2.24, 2.45) is 23.5 Å². The minimum atomic E-state index is -0.0470. The van der Waals surface area contributed by atoms with Gasteiger partial charge < -0.3 is 16.4 Å². The summed E-state index contributed by atoms with van der Waals surface area (Å²) in [6.07, 6.45) is 0. The van der Waals surface area contributed by atoms with Crippen LogP contribution in [0.1, 0.15) is 6.92 Å². The number of halogens is 1. The maximum Gasteiger partial charge on any atom is 0.224 e. The van der Waals surface area contributed by atoms with Crippen LogP contribution in [-0.2, 0) is 4.79 Å². The van der Waals surface area contributed by atoms with E-state index < -0.39 is 0 Å². The van der Waals surface area contributed by atoms with Crippen molar-refractivity contribution >= 4 is 18.3 Å². The van der Waals surface area contributed by atoms with E-state index in [1.165, 1.54) is 0 Å². The Hall–Kier alpha value is -0.320. The summed E-state index contributed by atoms with van der Waals surface area (Å²) in [5.74, 6) is 1.44. The van der Waals surface area contributed by atoms with Crippen molar-refractivity contribution in [3.63, 3.8) is 0 Å². The van der Waals surface area contributed by atoms with E-state index in [2.05, 4.69) is 10.6 Å². The molecular formula is C9H18ClN3O. The quantitative estimate of drug-likeness (QED) is 0.590. The zero-order valence-corrected chi connectivity index (χ0v) is 9.14. The van der Waals surface area contributed by atoms with Crippen molar-refractivity contribution in [3.05, 3.63) is 0 Å². The summed E-state index contributed by atoms with van der Waals surface area (Å²) < 4.78 is 0.